The molecule has 0 aromatic rings. The molecule has 62 valence electrons. The van der Waals surface area contributed by atoms with Crippen LogP contribution in [0, 0.1) is 16.7 Å². The van der Waals surface area contributed by atoms with E-state index in [1.54, 1.807) is 0 Å². The van der Waals surface area contributed by atoms with Gasteiger partial charge in [0.1, 0.15) is 0 Å². The van der Waals surface area contributed by atoms with Crippen molar-refractivity contribution >= 4 is 12.6 Å². The molecule has 0 spiro atoms. The van der Waals surface area contributed by atoms with Crippen LogP contribution < -0.4 is 0 Å². The Balaban J connectivity index is 2.49. The summed E-state index contributed by atoms with van der Waals surface area (Å²) in [6, 6.07) is 0. The fraction of sp³-hybridized carbons (Fsp3) is 0.800. The highest BCUT2D eigenvalue weighted by atomic mass is 32.1. The molecule has 2 unspecified atom stereocenters. The third-order valence-corrected chi connectivity index (χ3v) is 4.87. The van der Waals surface area contributed by atoms with E-state index in [1.165, 1.54) is 17.7 Å². The Bertz CT molecular complexity index is 227. The predicted octanol–water partition coefficient (Wildman–Crippen LogP) is 3.26. The van der Waals surface area contributed by atoms with Crippen LogP contribution in [0.5, 0.6) is 0 Å². The van der Waals surface area contributed by atoms with E-state index in [0.29, 0.717) is 10.8 Å². The van der Waals surface area contributed by atoms with Gasteiger partial charge in [0.25, 0.3) is 0 Å². The monoisotopic (exact) mass is 168 g/mol. The minimum absolute atomic E-state index is 0.390. The lowest BCUT2D eigenvalue weighted by atomic mass is 9.70. The normalized spacial score (nSPS) is 46.2. The van der Waals surface area contributed by atoms with E-state index in [9.17, 15) is 0 Å². The maximum atomic E-state index is 4.56. The average Bonchev–Trinajstić information content (AvgIpc) is 2.20. The van der Waals surface area contributed by atoms with Gasteiger partial charge in [0.2, 0.25) is 0 Å². The molecule has 2 bridgehead atoms. The third kappa shape index (κ3) is 0.683. The first-order valence-corrected chi connectivity index (χ1v) is 4.84. The molecule has 0 aliphatic heterocycles. The van der Waals surface area contributed by atoms with E-state index in [1.807, 2.05) is 0 Å². The van der Waals surface area contributed by atoms with Crippen molar-refractivity contribution in [3.63, 3.8) is 0 Å². The summed E-state index contributed by atoms with van der Waals surface area (Å²) in [7, 11) is 0. The Hall–Kier alpha value is 0.0900. The van der Waals surface area contributed by atoms with Gasteiger partial charge in [-0.2, -0.15) is 0 Å². The summed E-state index contributed by atoms with van der Waals surface area (Å²) in [6.45, 7) is 7.12. The van der Waals surface area contributed by atoms with Crippen LogP contribution in [0.2, 0.25) is 0 Å². The van der Waals surface area contributed by atoms with Gasteiger partial charge in [-0.05, 0) is 29.1 Å². The quantitative estimate of drug-likeness (QED) is 0.527. The van der Waals surface area contributed by atoms with Crippen LogP contribution in [-0.2, 0) is 0 Å². The van der Waals surface area contributed by atoms with Crippen molar-refractivity contribution in [2.24, 2.45) is 16.7 Å². The minimum atomic E-state index is 0.390. The van der Waals surface area contributed by atoms with Crippen LogP contribution in [0.15, 0.2) is 11.0 Å². The molecule has 0 radical (unpaired) electrons. The maximum Gasteiger partial charge on any atom is 0.00358 e. The molecule has 0 N–H and O–H groups in total. The molecule has 2 rings (SSSR count). The Morgan fingerprint density at radius 2 is 2.09 bits per heavy atom. The molecule has 0 amide bonds. The third-order valence-electron chi connectivity index (χ3n) is 4.23. The smallest absolute Gasteiger partial charge is 0.00358 e. The zero-order valence-electron chi connectivity index (χ0n) is 7.52. The number of rotatable bonds is 0. The minimum Gasteiger partial charge on any atom is -0.148 e. The molecule has 0 heterocycles. The summed E-state index contributed by atoms with van der Waals surface area (Å²) in [5, 5.41) is 0. The van der Waals surface area contributed by atoms with E-state index in [-0.39, 0.29) is 0 Å². The largest absolute Gasteiger partial charge is 0.148 e. The van der Waals surface area contributed by atoms with Crippen molar-refractivity contribution in [3.05, 3.63) is 11.0 Å². The molecule has 0 saturated heterocycles. The van der Waals surface area contributed by atoms with Crippen LogP contribution in [0.3, 0.4) is 0 Å². The molecular weight excluding hydrogens is 152 g/mol. The van der Waals surface area contributed by atoms with Gasteiger partial charge in [-0.15, -0.1) is 12.6 Å². The second kappa shape index (κ2) is 1.87. The van der Waals surface area contributed by atoms with E-state index in [4.69, 9.17) is 0 Å². The van der Waals surface area contributed by atoms with Crippen LogP contribution in [0.4, 0.5) is 0 Å². The van der Waals surface area contributed by atoms with E-state index in [2.05, 4.69) is 39.5 Å². The summed E-state index contributed by atoms with van der Waals surface area (Å²) in [4.78, 5) is 1.33. The second-order valence-electron chi connectivity index (χ2n) is 4.75. The van der Waals surface area contributed by atoms with Gasteiger partial charge in [-0.25, -0.2) is 0 Å². The van der Waals surface area contributed by atoms with Gasteiger partial charge in [0.15, 0.2) is 0 Å². The molecule has 1 heteroatoms. The van der Waals surface area contributed by atoms with Crippen molar-refractivity contribution < 1.29 is 0 Å². The number of allylic oxidation sites excluding steroid dienone is 2. The van der Waals surface area contributed by atoms with Crippen molar-refractivity contribution in [2.45, 2.75) is 33.6 Å². The molecule has 11 heavy (non-hydrogen) atoms. The maximum absolute atomic E-state index is 4.56. The molecule has 0 aromatic heterocycles. The predicted molar refractivity (Wildman–Crippen MR) is 51.7 cm³/mol. The Morgan fingerprint density at radius 3 is 2.27 bits per heavy atom. The Labute approximate surface area is 74.5 Å². The molecule has 0 nitrogen and oxygen atoms in total. The molecule has 2 atom stereocenters. The van der Waals surface area contributed by atoms with Crippen molar-refractivity contribution in [3.8, 4) is 0 Å². The first-order valence-electron chi connectivity index (χ1n) is 4.40. The van der Waals surface area contributed by atoms with Crippen LogP contribution in [0.25, 0.3) is 0 Å². The highest BCUT2D eigenvalue weighted by Crippen LogP contribution is 2.65. The van der Waals surface area contributed by atoms with Crippen LogP contribution >= 0.6 is 12.6 Å². The molecule has 2 aliphatic rings. The molecule has 1 saturated carbocycles. The fourth-order valence-electron chi connectivity index (χ4n) is 2.66. The lowest BCUT2D eigenvalue weighted by molar-refractivity contribution is 0.179. The van der Waals surface area contributed by atoms with Crippen molar-refractivity contribution in [2.75, 3.05) is 0 Å². The zero-order valence-corrected chi connectivity index (χ0v) is 8.41. The molecular formula is C10H16S. The number of hydrogen-bond acceptors (Lipinski definition) is 1. The van der Waals surface area contributed by atoms with Crippen LogP contribution in [0.1, 0.15) is 33.6 Å². The summed E-state index contributed by atoms with van der Waals surface area (Å²) < 4.78 is 0. The Morgan fingerprint density at radius 1 is 1.45 bits per heavy atom. The van der Waals surface area contributed by atoms with Crippen molar-refractivity contribution in [1.82, 2.24) is 0 Å². The van der Waals surface area contributed by atoms with Gasteiger partial charge >= 0.3 is 0 Å². The summed E-state index contributed by atoms with van der Waals surface area (Å²) >= 11 is 4.56. The lowest BCUT2D eigenvalue weighted by Crippen LogP contribution is -2.28. The number of fused-ring (bicyclic) bond motifs is 2. The Kier molecular flexibility index (Phi) is 1.32. The highest BCUT2D eigenvalue weighted by Gasteiger charge is 2.56. The number of hydrogen-bond donors (Lipinski definition) is 1. The van der Waals surface area contributed by atoms with Gasteiger partial charge in [-0.1, -0.05) is 26.8 Å². The fourth-order valence-corrected chi connectivity index (χ4v) is 3.24. The zero-order chi connectivity index (χ0) is 8.28. The summed E-state index contributed by atoms with van der Waals surface area (Å²) in [5.41, 5.74) is 0.852. The molecule has 2 aliphatic carbocycles. The molecule has 1 fully saturated rings. The van der Waals surface area contributed by atoms with E-state index >= 15 is 0 Å². The standard InChI is InChI=1S/C10H16S/c1-9(2)7-4-5-10(9,3)8(11)6-7/h6-7,11H,4-5H2,1-3H3. The van der Waals surface area contributed by atoms with E-state index in [0.717, 1.165) is 5.92 Å². The number of thiol groups is 1. The molecule has 0 aromatic carbocycles. The SMILES string of the molecule is CC12CCC(C=C1S)C2(C)C. The summed E-state index contributed by atoms with van der Waals surface area (Å²) in [5.74, 6) is 0.792. The van der Waals surface area contributed by atoms with Gasteiger partial charge in [-0.3, -0.25) is 0 Å². The topological polar surface area (TPSA) is 0 Å². The van der Waals surface area contributed by atoms with Gasteiger partial charge in [0.05, 0.1) is 0 Å². The lowest BCUT2D eigenvalue weighted by Gasteiger charge is -2.35. The van der Waals surface area contributed by atoms with Crippen molar-refractivity contribution in [1.29, 1.82) is 0 Å². The first-order chi connectivity index (χ1) is 4.98. The van der Waals surface area contributed by atoms with Gasteiger partial charge in [0, 0.05) is 5.41 Å². The van der Waals surface area contributed by atoms with Gasteiger partial charge < -0.3 is 0 Å². The highest BCUT2D eigenvalue weighted by molar-refractivity contribution is 7.84. The first kappa shape index (κ1) is 7.72. The average molecular weight is 168 g/mol. The summed E-state index contributed by atoms with van der Waals surface area (Å²) in [6.07, 6.45) is 5.07. The van der Waals surface area contributed by atoms with E-state index < -0.39 is 0 Å². The second-order valence-corrected chi connectivity index (χ2v) is 5.23. The van der Waals surface area contributed by atoms with Crippen LogP contribution in [-0.4, -0.2) is 0 Å².